The molecule has 0 bridgehead atoms. The Morgan fingerprint density at radius 2 is 0.891 bits per heavy atom. The Hall–Kier alpha value is -1.59. The van der Waals surface area contributed by atoms with E-state index in [1.54, 1.807) is 6.08 Å². The van der Waals surface area contributed by atoms with E-state index in [-0.39, 0.29) is 12.5 Å². The minimum atomic E-state index is -1.57. The van der Waals surface area contributed by atoms with Crippen LogP contribution in [0, 0.1) is 0 Å². The second-order valence-electron chi connectivity index (χ2n) is 19.0. The summed E-state index contributed by atoms with van der Waals surface area (Å²) in [6.45, 7) is 3.74. The van der Waals surface area contributed by atoms with Gasteiger partial charge in [0, 0.05) is 6.42 Å². The molecule has 7 atom stereocenters. The lowest BCUT2D eigenvalue weighted by Gasteiger charge is -2.40. The molecule has 1 rings (SSSR count). The predicted molar refractivity (Wildman–Crippen MR) is 267 cm³/mol. The molecule has 1 fully saturated rings. The minimum Gasteiger partial charge on any atom is -0.394 e. The summed E-state index contributed by atoms with van der Waals surface area (Å²) in [5, 5.41) is 54.3. The van der Waals surface area contributed by atoms with Crippen LogP contribution in [0.1, 0.15) is 251 Å². The number of unbranched alkanes of at least 4 members (excludes halogenated alkanes) is 32. The number of amides is 1. The van der Waals surface area contributed by atoms with E-state index >= 15 is 0 Å². The molecule has 0 aliphatic carbocycles. The van der Waals surface area contributed by atoms with Gasteiger partial charge in [-0.15, -0.1) is 0 Å². The van der Waals surface area contributed by atoms with Crippen molar-refractivity contribution in [1.29, 1.82) is 0 Å². The Balaban J connectivity index is 2.21. The van der Waals surface area contributed by atoms with Crippen molar-refractivity contribution in [3.63, 3.8) is 0 Å². The molecule has 1 aliphatic heterocycles. The van der Waals surface area contributed by atoms with Gasteiger partial charge in [-0.1, -0.05) is 224 Å². The van der Waals surface area contributed by atoms with Gasteiger partial charge < -0.3 is 40.3 Å². The van der Waals surface area contributed by atoms with E-state index in [9.17, 15) is 30.3 Å². The topological polar surface area (TPSA) is 149 Å². The third-order valence-corrected chi connectivity index (χ3v) is 12.9. The highest BCUT2D eigenvalue weighted by atomic mass is 16.7. The van der Waals surface area contributed by atoms with E-state index in [4.69, 9.17) is 9.47 Å². The molecule has 0 aromatic heterocycles. The first-order valence-electron chi connectivity index (χ1n) is 27.2. The Morgan fingerprint density at radius 1 is 0.516 bits per heavy atom. The van der Waals surface area contributed by atoms with Crippen molar-refractivity contribution in [2.24, 2.45) is 0 Å². The summed E-state index contributed by atoms with van der Waals surface area (Å²) in [5.74, 6) is -0.196. The van der Waals surface area contributed by atoms with Gasteiger partial charge in [-0.05, 0) is 57.8 Å². The van der Waals surface area contributed by atoms with Gasteiger partial charge in [0.25, 0.3) is 0 Å². The van der Waals surface area contributed by atoms with E-state index < -0.39 is 49.5 Å². The second kappa shape index (κ2) is 45.2. The van der Waals surface area contributed by atoms with E-state index in [1.165, 1.54) is 173 Å². The summed E-state index contributed by atoms with van der Waals surface area (Å²) in [6.07, 6.45) is 50.8. The number of hydrogen-bond acceptors (Lipinski definition) is 8. The van der Waals surface area contributed by atoms with Crippen molar-refractivity contribution in [2.45, 2.75) is 294 Å². The van der Waals surface area contributed by atoms with Crippen molar-refractivity contribution < 1.29 is 39.8 Å². The molecule has 0 saturated carbocycles. The van der Waals surface area contributed by atoms with Crippen LogP contribution in [0.2, 0.25) is 0 Å². The smallest absolute Gasteiger partial charge is 0.220 e. The van der Waals surface area contributed by atoms with Crippen LogP contribution in [0.5, 0.6) is 0 Å². The molecule has 64 heavy (non-hydrogen) atoms. The fourth-order valence-corrected chi connectivity index (χ4v) is 8.58. The van der Waals surface area contributed by atoms with Crippen LogP contribution in [-0.4, -0.2) is 87.5 Å². The van der Waals surface area contributed by atoms with Gasteiger partial charge in [-0.25, -0.2) is 0 Å². The molecule has 0 spiro atoms. The van der Waals surface area contributed by atoms with Crippen molar-refractivity contribution in [2.75, 3.05) is 13.2 Å². The SMILES string of the molecule is CCCCC/C=C\CCCCCCCC(=O)NC(COC1OC(CO)C(O)C(O)C1O)C(O)/C=C/CC/C=C/CCCCCCCCCCCCCCCCCCCCCCCCC. The lowest BCUT2D eigenvalue weighted by Crippen LogP contribution is -2.60. The number of aliphatic hydroxyl groups excluding tert-OH is 5. The standard InChI is InChI=1S/C55H103NO8/c1-3-5-7-9-11-13-15-17-18-19-20-21-22-23-24-25-26-27-28-29-30-31-32-33-34-36-38-40-42-44-49(58)48(47-63-55-54(62)53(61)52(60)50(46-57)64-55)56-51(59)45-43-41-39-37-35-16-14-12-10-8-6-4-2/h12,14,34,36,42,44,48-50,52-55,57-58,60-62H,3-11,13,15-33,35,37-41,43,45-47H2,1-2H3,(H,56,59)/b14-12-,36-34+,44-42+. The van der Waals surface area contributed by atoms with E-state index in [1.807, 2.05) is 6.08 Å². The number of carbonyl (C=O) groups excluding carboxylic acids is 1. The fraction of sp³-hybridized carbons (Fsp3) is 0.873. The summed E-state index contributed by atoms with van der Waals surface area (Å²) < 4.78 is 11.2. The summed E-state index contributed by atoms with van der Waals surface area (Å²) in [6, 6.07) is -0.824. The van der Waals surface area contributed by atoms with E-state index in [2.05, 4.69) is 43.5 Å². The normalized spacial score (nSPS) is 20.3. The summed E-state index contributed by atoms with van der Waals surface area (Å²) in [5.41, 5.74) is 0. The maximum atomic E-state index is 12.9. The molecule has 0 radical (unpaired) electrons. The quantitative estimate of drug-likeness (QED) is 0.0261. The zero-order valence-electron chi connectivity index (χ0n) is 41.5. The van der Waals surface area contributed by atoms with Crippen LogP contribution in [0.25, 0.3) is 0 Å². The molecule has 376 valence electrons. The molecular formula is C55H103NO8. The molecule has 1 saturated heterocycles. The van der Waals surface area contributed by atoms with Crippen LogP contribution in [0.3, 0.4) is 0 Å². The average molecular weight is 906 g/mol. The molecule has 1 aliphatic rings. The maximum Gasteiger partial charge on any atom is 0.220 e. The van der Waals surface area contributed by atoms with Gasteiger partial charge >= 0.3 is 0 Å². The van der Waals surface area contributed by atoms with Crippen LogP contribution in [-0.2, 0) is 14.3 Å². The predicted octanol–water partition coefficient (Wildman–Crippen LogP) is 12.8. The first-order valence-corrected chi connectivity index (χ1v) is 27.2. The summed E-state index contributed by atoms with van der Waals surface area (Å²) in [4.78, 5) is 12.9. The lowest BCUT2D eigenvalue weighted by atomic mass is 9.99. The maximum absolute atomic E-state index is 12.9. The van der Waals surface area contributed by atoms with E-state index in [0.29, 0.717) is 6.42 Å². The largest absolute Gasteiger partial charge is 0.394 e. The summed E-state index contributed by atoms with van der Waals surface area (Å²) in [7, 11) is 0. The highest BCUT2D eigenvalue weighted by molar-refractivity contribution is 5.76. The van der Waals surface area contributed by atoms with Gasteiger partial charge in [-0.3, -0.25) is 4.79 Å². The van der Waals surface area contributed by atoms with Crippen molar-refractivity contribution >= 4 is 5.91 Å². The van der Waals surface area contributed by atoms with Crippen LogP contribution in [0.15, 0.2) is 36.5 Å². The fourth-order valence-electron chi connectivity index (χ4n) is 8.58. The molecule has 0 aromatic rings. The summed E-state index contributed by atoms with van der Waals surface area (Å²) >= 11 is 0. The number of ether oxygens (including phenoxy) is 2. The van der Waals surface area contributed by atoms with Crippen molar-refractivity contribution in [3.05, 3.63) is 36.5 Å². The molecule has 1 amide bonds. The number of nitrogens with one attached hydrogen (secondary N) is 1. The average Bonchev–Trinajstić information content (AvgIpc) is 3.29. The van der Waals surface area contributed by atoms with Crippen molar-refractivity contribution in [3.8, 4) is 0 Å². The first kappa shape index (κ1) is 60.4. The van der Waals surface area contributed by atoms with Crippen LogP contribution < -0.4 is 5.32 Å². The number of hydrogen-bond donors (Lipinski definition) is 6. The first-order chi connectivity index (χ1) is 31.3. The third-order valence-electron chi connectivity index (χ3n) is 12.9. The van der Waals surface area contributed by atoms with E-state index in [0.717, 1.165) is 57.8 Å². The Kier molecular flexibility index (Phi) is 42.7. The molecular weight excluding hydrogens is 803 g/mol. The van der Waals surface area contributed by atoms with Crippen LogP contribution in [0.4, 0.5) is 0 Å². The van der Waals surface area contributed by atoms with Crippen LogP contribution >= 0.6 is 0 Å². The number of rotatable bonds is 46. The Morgan fingerprint density at radius 3 is 1.34 bits per heavy atom. The molecule has 0 aromatic carbocycles. The van der Waals surface area contributed by atoms with Crippen molar-refractivity contribution in [1.82, 2.24) is 5.32 Å². The molecule has 9 heteroatoms. The second-order valence-corrected chi connectivity index (χ2v) is 19.0. The number of allylic oxidation sites excluding steroid dienone is 5. The van der Waals surface area contributed by atoms with Gasteiger partial charge in [-0.2, -0.15) is 0 Å². The zero-order chi connectivity index (χ0) is 46.6. The molecule has 6 N–H and O–H groups in total. The minimum absolute atomic E-state index is 0.196. The Labute approximate surface area is 393 Å². The number of carbonyl (C=O) groups is 1. The molecule has 7 unspecified atom stereocenters. The third kappa shape index (κ3) is 34.7. The molecule has 9 nitrogen and oxygen atoms in total. The Bertz CT molecular complexity index is 1100. The van der Waals surface area contributed by atoms with Gasteiger partial charge in [0.2, 0.25) is 5.91 Å². The monoisotopic (exact) mass is 906 g/mol. The van der Waals surface area contributed by atoms with Gasteiger partial charge in [0.15, 0.2) is 6.29 Å². The zero-order valence-corrected chi connectivity index (χ0v) is 41.5. The number of aliphatic hydroxyl groups is 5. The van der Waals surface area contributed by atoms with Gasteiger partial charge in [0.1, 0.15) is 24.4 Å². The highest BCUT2D eigenvalue weighted by Crippen LogP contribution is 2.23. The lowest BCUT2D eigenvalue weighted by molar-refractivity contribution is -0.302. The van der Waals surface area contributed by atoms with Gasteiger partial charge in [0.05, 0.1) is 25.4 Å². The highest BCUT2D eigenvalue weighted by Gasteiger charge is 2.44. The molecule has 1 heterocycles.